The molecule has 2 aromatic rings. The molecule has 0 radical (unpaired) electrons. The maximum atomic E-state index is 4.26. The Bertz CT molecular complexity index is 533. The van der Waals surface area contributed by atoms with Crippen molar-refractivity contribution in [1.29, 1.82) is 0 Å². The fraction of sp³-hybridized carbons (Fsp3) is 0.400. The Morgan fingerprint density at radius 2 is 2.22 bits per heavy atom. The zero-order chi connectivity index (χ0) is 12.4. The van der Waals surface area contributed by atoms with Gasteiger partial charge in [-0.15, -0.1) is 0 Å². The fourth-order valence-electron chi connectivity index (χ4n) is 2.62. The van der Waals surface area contributed by atoms with Gasteiger partial charge in [0.05, 0.1) is 0 Å². The Kier molecular flexibility index (Phi) is 3.15. The summed E-state index contributed by atoms with van der Waals surface area (Å²) < 4.78 is 0. The zero-order valence-corrected chi connectivity index (χ0v) is 10.8. The fourth-order valence-corrected chi connectivity index (χ4v) is 2.62. The molecule has 1 aromatic heterocycles. The second-order valence-electron chi connectivity index (χ2n) is 5.00. The van der Waals surface area contributed by atoms with Crippen molar-refractivity contribution in [3.8, 4) is 0 Å². The van der Waals surface area contributed by atoms with Gasteiger partial charge in [-0.05, 0) is 30.9 Å². The molecule has 1 aliphatic heterocycles. The summed E-state index contributed by atoms with van der Waals surface area (Å²) in [6.07, 6.45) is 5.03. The van der Waals surface area contributed by atoms with Crippen LogP contribution in [0.1, 0.15) is 13.3 Å². The molecule has 3 heteroatoms. The standard InChI is InChI=1S/C15H19N3/c1-12-6-9-18(10-8-17-12)15-4-2-3-13-5-7-16-11-14(13)15/h2-5,7,11-12,17H,6,8-10H2,1H3. The molecule has 1 N–H and O–H groups in total. The Morgan fingerprint density at radius 3 is 3.17 bits per heavy atom. The largest absolute Gasteiger partial charge is 0.370 e. The van der Waals surface area contributed by atoms with E-state index >= 15 is 0 Å². The van der Waals surface area contributed by atoms with Crippen LogP contribution < -0.4 is 10.2 Å². The van der Waals surface area contributed by atoms with Gasteiger partial charge in [0.1, 0.15) is 0 Å². The van der Waals surface area contributed by atoms with Crippen LogP contribution in [-0.4, -0.2) is 30.7 Å². The molecule has 18 heavy (non-hydrogen) atoms. The summed E-state index contributed by atoms with van der Waals surface area (Å²) in [5.74, 6) is 0. The summed E-state index contributed by atoms with van der Waals surface area (Å²) in [6.45, 7) is 5.49. The van der Waals surface area contributed by atoms with E-state index in [9.17, 15) is 0 Å². The molecule has 3 rings (SSSR count). The Morgan fingerprint density at radius 1 is 1.28 bits per heavy atom. The quantitative estimate of drug-likeness (QED) is 0.831. The number of anilines is 1. The van der Waals surface area contributed by atoms with Crippen LogP contribution in [0.3, 0.4) is 0 Å². The molecule has 1 unspecified atom stereocenters. The summed E-state index contributed by atoms with van der Waals surface area (Å²) in [5.41, 5.74) is 1.32. The van der Waals surface area contributed by atoms with Crippen LogP contribution in [0.2, 0.25) is 0 Å². The molecule has 2 heterocycles. The smallest absolute Gasteiger partial charge is 0.0461 e. The van der Waals surface area contributed by atoms with E-state index in [0.717, 1.165) is 19.6 Å². The van der Waals surface area contributed by atoms with Crippen molar-refractivity contribution >= 4 is 16.5 Å². The van der Waals surface area contributed by atoms with Crippen LogP contribution in [0.15, 0.2) is 36.7 Å². The normalized spacial score (nSPS) is 20.9. The molecule has 1 aliphatic rings. The number of benzene rings is 1. The Labute approximate surface area is 108 Å². The number of aromatic nitrogens is 1. The van der Waals surface area contributed by atoms with Crippen molar-refractivity contribution < 1.29 is 0 Å². The second-order valence-corrected chi connectivity index (χ2v) is 5.00. The monoisotopic (exact) mass is 241 g/mol. The first-order valence-corrected chi connectivity index (χ1v) is 6.65. The predicted molar refractivity (Wildman–Crippen MR) is 76.0 cm³/mol. The molecule has 94 valence electrons. The lowest BCUT2D eigenvalue weighted by Gasteiger charge is -2.23. The molecule has 1 saturated heterocycles. The van der Waals surface area contributed by atoms with Crippen LogP contribution in [0, 0.1) is 0 Å². The molecular weight excluding hydrogens is 222 g/mol. The van der Waals surface area contributed by atoms with Crippen molar-refractivity contribution in [3.05, 3.63) is 36.7 Å². The van der Waals surface area contributed by atoms with E-state index < -0.39 is 0 Å². The number of nitrogens with zero attached hydrogens (tertiary/aromatic N) is 2. The molecule has 0 saturated carbocycles. The molecule has 0 spiro atoms. The highest BCUT2D eigenvalue weighted by molar-refractivity contribution is 5.93. The Hall–Kier alpha value is -1.61. The summed E-state index contributed by atoms with van der Waals surface area (Å²) in [4.78, 5) is 6.74. The molecule has 3 nitrogen and oxygen atoms in total. The predicted octanol–water partition coefficient (Wildman–Crippen LogP) is 2.42. The third kappa shape index (κ3) is 2.18. The van der Waals surface area contributed by atoms with Crippen molar-refractivity contribution in [2.75, 3.05) is 24.5 Å². The highest BCUT2D eigenvalue weighted by atomic mass is 15.2. The summed E-state index contributed by atoms with van der Waals surface area (Å²) in [6, 6.07) is 9.19. The Balaban J connectivity index is 1.98. The van der Waals surface area contributed by atoms with Gasteiger partial charge in [-0.1, -0.05) is 12.1 Å². The molecule has 0 aliphatic carbocycles. The van der Waals surface area contributed by atoms with Crippen LogP contribution in [0.25, 0.3) is 10.8 Å². The summed E-state index contributed by atoms with van der Waals surface area (Å²) in [7, 11) is 0. The second kappa shape index (κ2) is 4.94. The van der Waals surface area contributed by atoms with E-state index in [1.165, 1.54) is 22.9 Å². The molecule has 1 aromatic carbocycles. The van der Waals surface area contributed by atoms with Crippen molar-refractivity contribution in [2.45, 2.75) is 19.4 Å². The summed E-state index contributed by atoms with van der Waals surface area (Å²) in [5, 5.41) is 6.06. The van der Waals surface area contributed by atoms with Gasteiger partial charge in [0.15, 0.2) is 0 Å². The van der Waals surface area contributed by atoms with Gasteiger partial charge in [0, 0.05) is 49.1 Å². The SMILES string of the molecule is CC1CCN(c2cccc3ccncc23)CCN1. The van der Waals surface area contributed by atoms with Gasteiger partial charge in [-0.2, -0.15) is 0 Å². The van der Waals surface area contributed by atoms with Gasteiger partial charge in [-0.3, -0.25) is 4.98 Å². The van der Waals surface area contributed by atoms with E-state index in [4.69, 9.17) is 0 Å². The summed E-state index contributed by atoms with van der Waals surface area (Å²) >= 11 is 0. The molecule has 0 bridgehead atoms. The lowest BCUT2D eigenvalue weighted by molar-refractivity contribution is 0.566. The maximum Gasteiger partial charge on any atom is 0.0461 e. The first kappa shape index (κ1) is 11.5. The number of hydrogen-bond acceptors (Lipinski definition) is 3. The van der Waals surface area contributed by atoms with Gasteiger partial charge < -0.3 is 10.2 Å². The topological polar surface area (TPSA) is 28.2 Å². The van der Waals surface area contributed by atoms with E-state index in [0.29, 0.717) is 6.04 Å². The molecule has 1 atom stereocenters. The van der Waals surface area contributed by atoms with Gasteiger partial charge in [0.2, 0.25) is 0 Å². The molecule has 0 amide bonds. The maximum absolute atomic E-state index is 4.26. The number of rotatable bonds is 1. The third-order valence-corrected chi connectivity index (χ3v) is 3.71. The zero-order valence-electron chi connectivity index (χ0n) is 10.8. The highest BCUT2D eigenvalue weighted by Gasteiger charge is 2.15. The van der Waals surface area contributed by atoms with E-state index in [-0.39, 0.29) is 0 Å². The first-order valence-electron chi connectivity index (χ1n) is 6.65. The minimum Gasteiger partial charge on any atom is -0.370 e. The number of nitrogens with one attached hydrogen (secondary N) is 1. The lowest BCUT2D eigenvalue weighted by Crippen LogP contribution is -2.29. The van der Waals surface area contributed by atoms with Crippen LogP contribution in [0.5, 0.6) is 0 Å². The average molecular weight is 241 g/mol. The highest BCUT2D eigenvalue weighted by Crippen LogP contribution is 2.26. The minimum atomic E-state index is 0.614. The average Bonchev–Trinajstić information content (AvgIpc) is 2.63. The number of hydrogen-bond donors (Lipinski definition) is 1. The van der Waals surface area contributed by atoms with E-state index in [1.807, 2.05) is 12.4 Å². The van der Waals surface area contributed by atoms with Gasteiger partial charge >= 0.3 is 0 Å². The van der Waals surface area contributed by atoms with E-state index in [2.05, 4.69) is 46.4 Å². The van der Waals surface area contributed by atoms with Crippen LogP contribution in [-0.2, 0) is 0 Å². The number of pyridine rings is 1. The number of fused-ring (bicyclic) bond motifs is 1. The van der Waals surface area contributed by atoms with Gasteiger partial charge in [0.25, 0.3) is 0 Å². The van der Waals surface area contributed by atoms with Crippen molar-refractivity contribution in [3.63, 3.8) is 0 Å². The first-order chi connectivity index (χ1) is 8.84. The van der Waals surface area contributed by atoms with Crippen molar-refractivity contribution in [2.24, 2.45) is 0 Å². The minimum absolute atomic E-state index is 0.614. The van der Waals surface area contributed by atoms with Gasteiger partial charge in [-0.25, -0.2) is 0 Å². The third-order valence-electron chi connectivity index (χ3n) is 3.71. The van der Waals surface area contributed by atoms with E-state index in [1.54, 1.807) is 0 Å². The van der Waals surface area contributed by atoms with Crippen LogP contribution in [0.4, 0.5) is 5.69 Å². The van der Waals surface area contributed by atoms with Crippen LogP contribution >= 0.6 is 0 Å². The lowest BCUT2D eigenvalue weighted by atomic mass is 10.1. The van der Waals surface area contributed by atoms with Crippen molar-refractivity contribution in [1.82, 2.24) is 10.3 Å². The molecular formula is C15H19N3. The molecule has 1 fully saturated rings.